The average molecular weight is 413 g/mol. The van der Waals surface area contributed by atoms with Crippen molar-refractivity contribution in [2.24, 2.45) is 0 Å². The van der Waals surface area contributed by atoms with Gasteiger partial charge in [0.2, 0.25) is 10.0 Å². The summed E-state index contributed by atoms with van der Waals surface area (Å²) >= 11 is 6.10. The Kier molecular flexibility index (Phi) is 6.22. The van der Waals surface area contributed by atoms with Gasteiger partial charge in [0, 0.05) is 23.8 Å². The first-order chi connectivity index (χ1) is 12.6. The zero-order chi connectivity index (χ0) is 20.4. The smallest absolute Gasteiger partial charge is 0.257 e. The molecule has 0 saturated heterocycles. The second-order valence-electron chi connectivity index (χ2n) is 5.82. The van der Waals surface area contributed by atoms with Gasteiger partial charge in [-0.15, -0.1) is 0 Å². The second kappa shape index (κ2) is 8.06. The lowest BCUT2D eigenvalue weighted by atomic mass is 10.1. The van der Waals surface area contributed by atoms with E-state index in [1.807, 2.05) is 0 Å². The summed E-state index contributed by atoms with van der Waals surface area (Å²) in [5, 5.41) is 3.27. The number of sulfonamides is 1. The topological polar surface area (TPSA) is 84.9 Å². The summed E-state index contributed by atoms with van der Waals surface area (Å²) < 4.78 is 35.5. The SMILES string of the molecule is COc1cc(C(=O)Nc2cccc(Cl)c2C)c(N(C)S(C)(=O)=O)cc1OC. The zero-order valence-electron chi connectivity index (χ0n) is 15.7. The van der Waals surface area contributed by atoms with Crippen LogP contribution in [0.4, 0.5) is 11.4 Å². The van der Waals surface area contributed by atoms with Gasteiger partial charge in [-0.05, 0) is 30.7 Å². The van der Waals surface area contributed by atoms with E-state index in [1.165, 1.54) is 33.4 Å². The normalized spacial score (nSPS) is 11.0. The molecule has 27 heavy (non-hydrogen) atoms. The molecule has 0 spiro atoms. The van der Waals surface area contributed by atoms with E-state index in [1.54, 1.807) is 25.1 Å². The van der Waals surface area contributed by atoms with Gasteiger partial charge in [-0.25, -0.2) is 8.42 Å². The molecule has 0 radical (unpaired) electrons. The molecule has 0 bridgehead atoms. The maximum Gasteiger partial charge on any atom is 0.257 e. The molecular weight excluding hydrogens is 392 g/mol. The predicted octanol–water partition coefficient (Wildman–Crippen LogP) is 3.31. The molecule has 0 unspecified atom stereocenters. The molecule has 2 aromatic rings. The Morgan fingerprint density at radius 1 is 1.15 bits per heavy atom. The van der Waals surface area contributed by atoms with Crippen molar-refractivity contribution >= 4 is 38.9 Å². The van der Waals surface area contributed by atoms with Crippen LogP contribution in [0.15, 0.2) is 30.3 Å². The molecule has 2 aromatic carbocycles. The highest BCUT2D eigenvalue weighted by atomic mass is 35.5. The minimum atomic E-state index is -3.61. The summed E-state index contributed by atoms with van der Waals surface area (Å²) in [5.41, 5.74) is 1.49. The van der Waals surface area contributed by atoms with Crippen molar-refractivity contribution in [3.8, 4) is 11.5 Å². The molecule has 0 saturated carbocycles. The van der Waals surface area contributed by atoms with Gasteiger partial charge in [0.25, 0.3) is 5.91 Å². The molecule has 0 fully saturated rings. The fourth-order valence-corrected chi connectivity index (χ4v) is 3.10. The van der Waals surface area contributed by atoms with Gasteiger partial charge in [0.1, 0.15) is 0 Å². The summed E-state index contributed by atoms with van der Waals surface area (Å²) in [6.07, 6.45) is 1.05. The molecule has 146 valence electrons. The fourth-order valence-electron chi connectivity index (χ4n) is 2.42. The number of anilines is 2. The molecular formula is C18H21ClN2O5S. The number of methoxy groups -OCH3 is 2. The van der Waals surface area contributed by atoms with E-state index in [0.717, 1.165) is 10.6 Å². The van der Waals surface area contributed by atoms with Crippen LogP contribution in [0, 0.1) is 6.92 Å². The largest absolute Gasteiger partial charge is 0.493 e. The highest BCUT2D eigenvalue weighted by Gasteiger charge is 2.24. The van der Waals surface area contributed by atoms with Crippen LogP contribution in [-0.2, 0) is 10.0 Å². The number of nitrogens with zero attached hydrogens (tertiary/aromatic N) is 1. The van der Waals surface area contributed by atoms with Crippen LogP contribution >= 0.6 is 11.6 Å². The number of carbonyl (C=O) groups excluding carboxylic acids is 1. The maximum absolute atomic E-state index is 12.9. The maximum atomic E-state index is 12.9. The number of amides is 1. The number of benzene rings is 2. The van der Waals surface area contributed by atoms with E-state index < -0.39 is 15.9 Å². The summed E-state index contributed by atoms with van der Waals surface area (Å²) in [5.74, 6) is 0.0985. The number of carbonyl (C=O) groups is 1. The Morgan fingerprint density at radius 3 is 2.30 bits per heavy atom. The van der Waals surface area contributed by atoms with Crippen LogP contribution in [-0.4, -0.2) is 41.8 Å². The van der Waals surface area contributed by atoms with Gasteiger partial charge < -0.3 is 14.8 Å². The first-order valence-electron chi connectivity index (χ1n) is 7.86. The van der Waals surface area contributed by atoms with Crippen molar-refractivity contribution in [2.75, 3.05) is 37.1 Å². The molecule has 9 heteroatoms. The third-order valence-electron chi connectivity index (χ3n) is 4.10. The molecule has 1 amide bonds. The number of nitrogens with one attached hydrogen (secondary N) is 1. The van der Waals surface area contributed by atoms with Gasteiger partial charge >= 0.3 is 0 Å². The zero-order valence-corrected chi connectivity index (χ0v) is 17.2. The molecule has 0 aliphatic rings. The van der Waals surface area contributed by atoms with Crippen molar-refractivity contribution in [1.82, 2.24) is 0 Å². The minimum Gasteiger partial charge on any atom is -0.493 e. The van der Waals surface area contributed by atoms with Gasteiger partial charge in [-0.1, -0.05) is 17.7 Å². The fraction of sp³-hybridized carbons (Fsp3) is 0.278. The molecule has 0 heterocycles. The lowest BCUT2D eigenvalue weighted by Gasteiger charge is -2.22. The molecule has 1 N–H and O–H groups in total. The highest BCUT2D eigenvalue weighted by molar-refractivity contribution is 7.92. The van der Waals surface area contributed by atoms with Gasteiger partial charge in [0.15, 0.2) is 11.5 Å². The molecule has 0 aromatic heterocycles. The Morgan fingerprint density at radius 2 is 1.74 bits per heavy atom. The summed E-state index contributed by atoms with van der Waals surface area (Å²) in [6, 6.07) is 8.01. The first-order valence-corrected chi connectivity index (χ1v) is 10.1. The van der Waals surface area contributed by atoms with Crippen LogP contribution in [0.1, 0.15) is 15.9 Å². The minimum absolute atomic E-state index is 0.111. The van der Waals surface area contributed by atoms with Gasteiger partial charge in [-0.2, -0.15) is 0 Å². The number of hydrogen-bond donors (Lipinski definition) is 1. The van der Waals surface area contributed by atoms with Crippen molar-refractivity contribution in [3.63, 3.8) is 0 Å². The quantitative estimate of drug-likeness (QED) is 0.786. The van der Waals surface area contributed by atoms with E-state index in [9.17, 15) is 13.2 Å². The van der Waals surface area contributed by atoms with Crippen LogP contribution in [0.5, 0.6) is 11.5 Å². The lowest BCUT2D eigenvalue weighted by Crippen LogP contribution is -2.28. The van der Waals surface area contributed by atoms with Crippen LogP contribution in [0.3, 0.4) is 0 Å². The molecule has 7 nitrogen and oxygen atoms in total. The number of halogens is 1. The van der Waals surface area contributed by atoms with E-state index in [2.05, 4.69) is 5.32 Å². The van der Waals surface area contributed by atoms with E-state index in [-0.39, 0.29) is 11.3 Å². The average Bonchev–Trinajstić information content (AvgIpc) is 2.62. The predicted molar refractivity (Wildman–Crippen MR) is 107 cm³/mol. The third kappa shape index (κ3) is 4.45. The van der Waals surface area contributed by atoms with Crippen LogP contribution < -0.4 is 19.1 Å². The molecule has 0 atom stereocenters. The monoisotopic (exact) mass is 412 g/mol. The second-order valence-corrected chi connectivity index (χ2v) is 8.24. The van der Waals surface area contributed by atoms with Gasteiger partial charge in [-0.3, -0.25) is 9.10 Å². The van der Waals surface area contributed by atoms with E-state index in [4.69, 9.17) is 21.1 Å². The van der Waals surface area contributed by atoms with Crippen molar-refractivity contribution in [2.45, 2.75) is 6.92 Å². The Bertz CT molecular complexity index is 976. The van der Waals surface area contributed by atoms with Crippen molar-refractivity contribution < 1.29 is 22.7 Å². The summed E-state index contributed by atoms with van der Waals surface area (Å²) in [4.78, 5) is 12.9. The van der Waals surface area contributed by atoms with Gasteiger partial charge in [0.05, 0.1) is 31.7 Å². The Hall–Kier alpha value is -2.45. The third-order valence-corrected chi connectivity index (χ3v) is 5.70. The number of rotatable bonds is 6. The standard InChI is InChI=1S/C18H21ClN2O5S/c1-11-13(19)7-6-8-14(11)20-18(22)12-9-16(25-3)17(26-4)10-15(12)21(2)27(5,23)24/h6-10H,1-5H3,(H,20,22). The van der Waals surface area contributed by atoms with Crippen molar-refractivity contribution in [3.05, 3.63) is 46.5 Å². The van der Waals surface area contributed by atoms with Crippen LogP contribution in [0.2, 0.25) is 5.02 Å². The molecule has 0 aliphatic heterocycles. The summed E-state index contributed by atoms with van der Waals surface area (Å²) in [7, 11) is 0.610. The van der Waals surface area contributed by atoms with E-state index >= 15 is 0 Å². The van der Waals surface area contributed by atoms with Crippen LogP contribution in [0.25, 0.3) is 0 Å². The Balaban J connectivity index is 2.58. The molecule has 2 rings (SSSR count). The number of ether oxygens (including phenoxy) is 2. The highest BCUT2D eigenvalue weighted by Crippen LogP contribution is 2.36. The Labute approximate surface area is 163 Å². The first kappa shape index (κ1) is 20.9. The van der Waals surface area contributed by atoms with E-state index in [0.29, 0.717) is 27.8 Å². The molecule has 0 aliphatic carbocycles. The van der Waals surface area contributed by atoms with Crippen molar-refractivity contribution in [1.29, 1.82) is 0 Å². The summed E-state index contributed by atoms with van der Waals surface area (Å²) in [6.45, 7) is 1.77. The number of hydrogen-bond acceptors (Lipinski definition) is 5. The lowest BCUT2D eigenvalue weighted by molar-refractivity contribution is 0.102.